The molecule has 29 heavy (non-hydrogen) atoms. The molecule has 4 rings (SSSR count). The fourth-order valence-corrected chi connectivity index (χ4v) is 4.23. The van der Waals surface area contributed by atoms with Gasteiger partial charge in [-0.25, -0.2) is 4.79 Å². The first-order valence-corrected chi connectivity index (χ1v) is 10.9. The number of urea groups is 1. The summed E-state index contributed by atoms with van der Waals surface area (Å²) < 4.78 is 5.31. The minimum atomic E-state index is -0.312. The predicted molar refractivity (Wildman–Crippen MR) is 116 cm³/mol. The second-order valence-corrected chi connectivity index (χ2v) is 8.25. The van der Waals surface area contributed by atoms with Crippen LogP contribution in [0.2, 0.25) is 0 Å². The minimum absolute atomic E-state index is 0.0648. The van der Waals surface area contributed by atoms with Crippen molar-refractivity contribution in [3.8, 4) is 5.75 Å². The number of methoxy groups -OCH3 is 1. The molecule has 0 saturated carbocycles. The van der Waals surface area contributed by atoms with Crippen molar-refractivity contribution in [3.63, 3.8) is 0 Å². The smallest absolute Gasteiger partial charge is 0.321 e. The predicted octanol–water partition coefficient (Wildman–Crippen LogP) is 4.61. The fourth-order valence-electron chi connectivity index (χ4n) is 3.77. The zero-order chi connectivity index (χ0) is 20.3. The summed E-state index contributed by atoms with van der Waals surface area (Å²) in [6.07, 6.45) is 4.31. The van der Waals surface area contributed by atoms with Gasteiger partial charge in [0.25, 0.3) is 0 Å². The third-order valence-electron chi connectivity index (χ3n) is 5.52. The highest BCUT2D eigenvalue weighted by molar-refractivity contribution is 7.98. The number of carbonyl (C=O) groups is 1. The quantitative estimate of drug-likeness (QED) is 0.747. The van der Waals surface area contributed by atoms with Crippen LogP contribution in [-0.2, 0) is 4.84 Å². The van der Waals surface area contributed by atoms with Crippen LogP contribution in [0.1, 0.15) is 24.8 Å². The van der Waals surface area contributed by atoms with Gasteiger partial charge in [-0.2, -0.15) is 0 Å². The normalized spacial score (nSPS) is 17.6. The van der Waals surface area contributed by atoms with Crippen LogP contribution in [-0.4, -0.2) is 48.7 Å². The number of oxime groups is 1. The third-order valence-corrected chi connectivity index (χ3v) is 6.25. The molecule has 2 aliphatic rings. The summed E-state index contributed by atoms with van der Waals surface area (Å²) >= 11 is 1.66. The molecule has 2 aromatic rings. The van der Waals surface area contributed by atoms with Crippen LogP contribution in [0.4, 0.5) is 10.5 Å². The van der Waals surface area contributed by atoms with E-state index in [1.54, 1.807) is 18.9 Å². The van der Waals surface area contributed by atoms with Gasteiger partial charge in [-0.05, 0) is 36.6 Å². The highest BCUT2D eigenvalue weighted by Crippen LogP contribution is 2.36. The number of piperidine rings is 1. The van der Waals surface area contributed by atoms with E-state index < -0.39 is 0 Å². The molecule has 2 heterocycles. The lowest BCUT2D eigenvalue weighted by molar-refractivity contribution is -0.0544. The summed E-state index contributed by atoms with van der Waals surface area (Å²) in [7, 11) is 1.66. The van der Waals surface area contributed by atoms with E-state index in [-0.39, 0.29) is 11.6 Å². The van der Waals surface area contributed by atoms with E-state index in [4.69, 9.17) is 9.57 Å². The number of anilines is 1. The third kappa shape index (κ3) is 4.34. The second kappa shape index (κ2) is 8.37. The molecule has 0 atom stereocenters. The molecule has 7 heteroatoms. The Morgan fingerprint density at radius 1 is 1.21 bits per heavy atom. The molecular weight excluding hydrogens is 386 g/mol. The van der Waals surface area contributed by atoms with Crippen LogP contribution in [0.15, 0.2) is 58.6 Å². The van der Waals surface area contributed by atoms with Crippen molar-refractivity contribution in [2.45, 2.75) is 29.8 Å². The first-order chi connectivity index (χ1) is 14.1. The van der Waals surface area contributed by atoms with Crippen molar-refractivity contribution in [1.82, 2.24) is 4.90 Å². The highest BCUT2D eigenvalue weighted by atomic mass is 32.2. The standard InChI is InChI=1S/C22H25N3O3S/c1-27-18-7-3-5-16(13-18)20-15-22(28-24-20)9-11-25(12-10-22)21(26)23-17-6-4-8-19(14-17)29-2/h3-8,13-14H,9-12,15H2,1-2H3,(H,23,26). The van der Waals surface area contributed by atoms with Gasteiger partial charge in [0.2, 0.25) is 0 Å². The Morgan fingerprint density at radius 2 is 2.00 bits per heavy atom. The van der Waals surface area contributed by atoms with Gasteiger partial charge < -0.3 is 19.8 Å². The number of thioether (sulfide) groups is 1. The molecule has 1 fully saturated rings. The molecule has 1 N–H and O–H groups in total. The molecular formula is C22H25N3O3S. The molecule has 2 amide bonds. The molecule has 0 bridgehead atoms. The van der Waals surface area contributed by atoms with Crippen LogP contribution >= 0.6 is 11.8 Å². The number of nitrogens with zero attached hydrogens (tertiary/aromatic N) is 2. The second-order valence-electron chi connectivity index (χ2n) is 7.37. The molecule has 152 valence electrons. The molecule has 2 aliphatic heterocycles. The van der Waals surface area contributed by atoms with Crippen LogP contribution in [0.25, 0.3) is 0 Å². The number of likely N-dealkylation sites (tertiary alicyclic amines) is 1. The number of nitrogens with one attached hydrogen (secondary N) is 1. The van der Waals surface area contributed by atoms with Gasteiger partial charge in [-0.1, -0.05) is 23.4 Å². The summed E-state index contributed by atoms with van der Waals surface area (Å²) in [6.45, 7) is 1.30. The van der Waals surface area contributed by atoms with Crippen LogP contribution in [0, 0.1) is 0 Å². The topological polar surface area (TPSA) is 63.2 Å². The molecule has 2 aromatic carbocycles. The first-order valence-electron chi connectivity index (χ1n) is 9.70. The number of carbonyl (C=O) groups excluding carboxylic acids is 1. The molecule has 1 spiro atoms. The van der Waals surface area contributed by atoms with E-state index in [2.05, 4.69) is 10.5 Å². The SMILES string of the molecule is COc1cccc(C2=NOC3(CCN(C(=O)Nc4cccc(SC)c4)CC3)C2)c1. The Kier molecular flexibility index (Phi) is 5.67. The Labute approximate surface area is 175 Å². The molecule has 0 aliphatic carbocycles. The van der Waals surface area contributed by atoms with Gasteiger partial charge in [-0.15, -0.1) is 11.8 Å². The van der Waals surface area contributed by atoms with E-state index in [1.165, 1.54) is 0 Å². The van der Waals surface area contributed by atoms with Crippen LogP contribution < -0.4 is 10.1 Å². The summed E-state index contributed by atoms with van der Waals surface area (Å²) in [6, 6.07) is 15.7. The van der Waals surface area contributed by atoms with E-state index >= 15 is 0 Å². The van der Waals surface area contributed by atoms with Crippen molar-refractivity contribution in [2.24, 2.45) is 5.16 Å². The van der Waals surface area contributed by atoms with Gasteiger partial charge in [0.15, 0.2) is 0 Å². The maximum absolute atomic E-state index is 12.7. The average Bonchev–Trinajstić information content (AvgIpc) is 3.18. The monoisotopic (exact) mass is 411 g/mol. The van der Waals surface area contributed by atoms with Crippen molar-refractivity contribution < 1.29 is 14.4 Å². The van der Waals surface area contributed by atoms with Crippen molar-refractivity contribution in [3.05, 3.63) is 54.1 Å². The van der Waals surface area contributed by atoms with Gasteiger partial charge in [0, 0.05) is 48.5 Å². The van der Waals surface area contributed by atoms with Crippen LogP contribution in [0.3, 0.4) is 0 Å². The van der Waals surface area contributed by atoms with Crippen molar-refractivity contribution >= 4 is 29.2 Å². The zero-order valence-corrected chi connectivity index (χ0v) is 17.5. The number of ether oxygens (including phenoxy) is 1. The number of benzene rings is 2. The van der Waals surface area contributed by atoms with Crippen LogP contribution in [0.5, 0.6) is 5.75 Å². The van der Waals surface area contributed by atoms with Gasteiger partial charge in [-0.3, -0.25) is 0 Å². The molecule has 0 radical (unpaired) electrons. The van der Waals surface area contributed by atoms with E-state index in [0.717, 1.165) is 46.9 Å². The van der Waals surface area contributed by atoms with Crippen molar-refractivity contribution in [2.75, 3.05) is 31.8 Å². The number of amides is 2. The average molecular weight is 412 g/mol. The summed E-state index contributed by atoms with van der Waals surface area (Å²) in [5.74, 6) is 0.809. The Morgan fingerprint density at radius 3 is 2.76 bits per heavy atom. The minimum Gasteiger partial charge on any atom is -0.497 e. The molecule has 0 aromatic heterocycles. The zero-order valence-electron chi connectivity index (χ0n) is 16.7. The van der Waals surface area contributed by atoms with Gasteiger partial charge >= 0.3 is 6.03 Å². The molecule has 1 saturated heterocycles. The fraction of sp³-hybridized carbons (Fsp3) is 0.364. The molecule has 6 nitrogen and oxygen atoms in total. The van der Waals surface area contributed by atoms with E-state index in [9.17, 15) is 4.79 Å². The van der Waals surface area contributed by atoms with E-state index in [1.807, 2.05) is 59.7 Å². The Hall–Kier alpha value is -2.67. The number of rotatable bonds is 4. The summed E-state index contributed by atoms with van der Waals surface area (Å²) in [4.78, 5) is 21.5. The first kappa shape index (κ1) is 19.6. The molecule has 0 unspecified atom stereocenters. The lowest BCUT2D eigenvalue weighted by Crippen LogP contribution is -2.48. The lowest BCUT2D eigenvalue weighted by atomic mass is 9.85. The maximum Gasteiger partial charge on any atom is 0.321 e. The highest BCUT2D eigenvalue weighted by Gasteiger charge is 2.43. The number of hydrogen-bond acceptors (Lipinski definition) is 5. The largest absolute Gasteiger partial charge is 0.497 e. The van der Waals surface area contributed by atoms with E-state index in [0.29, 0.717) is 13.1 Å². The van der Waals surface area contributed by atoms with Gasteiger partial charge in [0.1, 0.15) is 11.4 Å². The Balaban J connectivity index is 1.34. The summed E-state index contributed by atoms with van der Waals surface area (Å²) in [5, 5.41) is 7.36. The van der Waals surface area contributed by atoms with Gasteiger partial charge in [0.05, 0.1) is 12.8 Å². The maximum atomic E-state index is 12.7. The summed E-state index contributed by atoms with van der Waals surface area (Å²) in [5.41, 5.74) is 2.47. The Bertz CT molecular complexity index is 923. The lowest BCUT2D eigenvalue weighted by Gasteiger charge is -2.37. The van der Waals surface area contributed by atoms with Crippen molar-refractivity contribution in [1.29, 1.82) is 0 Å². The number of hydrogen-bond donors (Lipinski definition) is 1.